The molecule has 1 spiro atoms. The Balaban J connectivity index is 1.83. The van der Waals surface area contributed by atoms with Crippen molar-refractivity contribution in [1.29, 1.82) is 0 Å². The Morgan fingerprint density at radius 3 is 2.18 bits per heavy atom. The summed E-state index contributed by atoms with van der Waals surface area (Å²) in [6.45, 7) is 20.5. The first-order chi connectivity index (χ1) is 21.2. The molecular weight excluding hydrogens is 556 g/mol. The van der Waals surface area contributed by atoms with Crippen LogP contribution in [0.5, 0.6) is 0 Å². The highest BCUT2D eigenvalue weighted by molar-refractivity contribution is 6.05. The van der Waals surface area contributed by atoms with Gasteiger partial charge in [0.25, 0.3) is 5.91 Å². The van der Waals surface area contributed by atoms with Crippen LogP contribution in [-0.4, -0.2) is 95.2 Å². The molecule has 2 bridgehead atoms. The molecule has 3 fully saturated rings. The van der Waals surface area contributed by atoms with Crippen molar-refractivity contribution in [1.82, 2.24) is 9.80 Å². The van der Waals surface area contributed by atoms with E-state index < -0.39 is 35.1 Å². The monoisotopic (exact) mass is 608 g/mol. The summed E-state index contributed by atoms with van der Waals surface area (Å²) in [7, 11) is 0. The number of fused-ring (bicyclic) bond motifs is 1. The number of hydrogen-bond acceptors (Lipinski definition) is 6. The van der Waals surface area contributed by atoms with Gasteiger partial charge in [0.15, 0.2) is 0 Å². The first-order valence-electron chi connectivity index (χ1n) is 16.5. The Labute approximate surface area is 263 Å². The second-order valence-electron chi connectivity index (χ2n) is 12.3. The molecule has 1 aromatic carbocycles. The maximum absolute atomic E-state index is 14.9. The summed E-state index contributed by atoms with van der Waals surface area (Å²) in [6, 6.07) is 6.31. The maximum atomic E-state index is 14.9. The molecule has 0 radical (unpaired) electrons. The van der Waals surface area contributed by atoms with Crippen LogP contribution in [0.1, 0.15) is 66.7 Å². The normalized spacial score (nSPS) is 27.6. The standard InChI is InChI=1S/C35H52N4O5/c1-8-21-37(22-9-2)31(41)28-29-32(42)39(25(11-4)24-40)30(35(29)20-19-34(28,12-5)44-35)33(43)38(23-10-3)27-17-15-26(16-18-27)36(13-6)14-7/h8,10,15-18,25,28-30,40H,1,3,9,11-14,19-24H2,2,4-7H3/t25-,28-,29-,30?,34+,35?/m0/s1. The maximum Gasteiger partial charge on any atom is 0.253 e. The molecule has 3 amide bonds. The van der Waals surface area contributed by atoms with Gasteiger partial charge in [-0.05, 0) is 70.2 Å². The summed E-state index contributed by atoms with van der Waals surface area (Å²) < 4.78 is 6.98. The minimum atomic E-state index is -1.17. The summed E-state index contributed by atoms with van der Waals surface area (Å²) in [5.41, 5.74) is -0.238. The number of aliphatic hydroxyl groups is 1. The minimum absolute atomic E-state index is 0.117. The molecule has 3 aliphatic heterocycles. The first kappa shape index (κ1) is 33.7. The van der Waals surface area contributed by atoms with Crippen molar-refractivity contribution < 1.29 is 24.2 Å². The van der Waals surface area contributed by atoms with Crippen LogP contribution in [0.15, 0.2) is 49.6 Å². The van der Waals surface area contributed by atoms with Gasteiger partial charge in [-0.15, -0.1) is 13.2 Å². The van der Waals surface area contributed by atoms with Crippen LogP contribution in [-0.2, 0) is 19.1 Å². The molecule has 2 unspecified atom stereocenters. The highest BCUT2D eigenvalue weighted by Crippen LogP contribution is 2.65. The van der Waals surface area contributed by atoms with Crippen LogP contribution in [0.4, 0.5) is 11.4 Å². The van der Waals surface area contributed by atoms with E-state index in [0.717, 1.165) is 25.2 Å². The van der Waals surface area contributed by atoms with Gasteiger partial charge >= 0.3 is 0 Å². The van der Waals surface area contributed by atoms with E-state index >= 15 is 0 Å². The number of rotatable bonds is 16. The third kappa shape index (κ3) is 5.36. The lowest BCUT2D eigenvalue weighted by molar-refractivity contribution is -0.153. The number of carbonyl (C=O) groups is 3. The molecule has 3 aliphatic rings. The lowest BCUT2D eigenvalue weighted by Crippen LogP contribution is -2.59. The van der Waals surface area contributed by atoms with E-state index in [-0.39, 0.29) is 30.9 Å². The Morgan fingerprint density at radius 1 is 1.02 bits per heavy atom. The predicted molar refractivity (Wildman–Crippen MR) is 174 cm³/mol. The van der Waals surface area contributed by atoms with Gasteiger partial charge in [0.1, 0.15) is 11.6 Å². The molecule has 0 aromatic heterocycles. The van der Waals surface area contributed by atoms with E-state index in [1.54, 1.807) is 26.9 Å². The number of hydrogen-bond donors (Lipinski definition) is 1. The number of amides is 3. The molecule has 3 saturated heterocycles. The van der Waals surface area contributed by atoms with Gasteiger partial charge in [-0.25, -0.2) is 0 Å². The Bertz CT molecular complexity index is 1210. The van der Waals surface area contributed by atoms with Gasteiger partial charge < -0.3 is 29.4 Å². The van der Waals surface area contributed by atoms with E-state index in [1.807, 2.05) is 45.0 Å². The van der Waals surface area contributed by atoms with E-state index in [9.17, 15) is 19.5 Å². The van der Waals surface area contributed by atoms with Crippen LogP contribution < -0.4 is 9.80 Å². The number of likely N-dealkylation sites (tertiary alicyclic amines) is 1. The fourth-order valence-electron chi connectivity index (χ4n) is 8.06. The number of aliphatic hydroxyl groups excluding tert-OH is 1. The SMILES string of the molecule is C=CCN(CCC)C(=O)[C@@H]1[C@H]2C(=O)N([C@@H](CC)CO)C(C(=O)N(CC=C)c3ccc(N(CC)CC)cc3)C23CC[C@@]1(CC)O3. The van der Waals surface area contributed by atoms with E-state index in [1.165, 1.54) is 0 Å². The molecular formula is C35H52N4O5. The molecule has 1 N–H and O–H groups in total. The van der Waals surface area contributed by atoms with Crippen molar-refractivity contribution in [3.05, 3.63) is 49.6 Å². The Morgan fingerprint density at radius 2 is 1.66 bits per heavy atom. The summed E-state index contributed by atoms with van der Waals surface area (Å²) >= 11 is 0. The first-order valence-corrected chi connectivity index (χ1v) is 16.5. The summed E-state index contributed by atoms with van der Waals surface area (Å²) in [5.74, 6) is -2.19. The lowest BCUT2D eigenvalue weighted by Gasteiger charge is -2.39. The summed E-state index contributed by atoms with van der Waals surface area (Å²) in [5, 5.41) is 10.5. The van der Waals surface area contributed by atoms with E-state index in [2.05, 4.69) is 31.9 Å². The Hall–Kier alpha value is -3.17. The van der Waals surface area contributed by atoms with Gasteiger partial charge in [0.05, 0.1) is 30.1 Å². The number of ether oxygens (including phenoxy) is 1. The molecule has 9 heteroatoms. The number of anilines is 2. The number of benzene rings is 1. The largest absolute Gasteiger partial charge is 0.394 e. The van der Waals surface area contributed by atoms with Gasteiger partial charge in [-0.3, -0.25) is 14.4 Å². The average Bonchev–Trinajstić information content (AvgIpc) is 3.64. The molecule has 1 aromatic rings. The molecule has 242 valence electrons. The second kappa shape index (κ2) is 13.9. The Kier molecular flexibility index (Phi) is 10.6. The minimum Gasteiger partial charge on any atom is -0.394 e. The van der Waals surface area contributed by atoms with Crippen LogP contribution in [0.3, 0.4) is 0 Å². The topological polar surface area (TPSA) is 93.6 Å². The predicted octanol–water partition coefficient (Wildman–Crippen LogP) is 4.40. The van der Waals surface area contributed by atoms with Crippen molar-refractivity contribution in [2.24, 2.45) is 11.8 Å². The fourth-order valence-corrected chi connectivity index (χ4v) is 8.06. The molecule has 44 heavy (non-hydrogen) atoms. The van der Waals surface area contributed by atoms with Crippen LogP contribution in [0, 0.1) is 11.8 Å². The molecule has 0 saturated carbocycles. The molecule has 0 aliphatic carbocycles. The van der Waals surface area contributed by atoms with Crippen molar-refractivity contribution in [2.75, 3.05) is 49.1 Å². The molecule has 4 rings (SSSR count). The summed E-state index contributed by atoms with van der Waals surface area (Å²) in [4.78, 5) is 51.1. The van der Waals surface area contributed by atoms with Crippen molar-refractivity contribution in [3.63, 3.8) is 0 Å². The van der Waals surface area contributed by atoms with Crippen molar-refractivity contribution in [3.8, 4) is 0 Å². The third-order valence-electron chi connectivity index (χ3n) is 10.2. The van der Waals surface area contributed by atoms with Crippen LogP contribution >= 0.6 is 0 Å². The third-order valence-corrected chi connectivity index (χ3v) is 10.2. The van der Waals surface area contributed by atoms with Gasteiger partial charge in [-0.2, -0.15) is 0 Å². The van der Waals surface area contributed by atoms with Crippen LogP contribution in [0.25, 0.3) is 0 Å². The average molecular weight is 609 g/mol. The van der Waals surface area contributed by atoms with Crippen LogP contribution in [0.2, 0.25) is 0 Å². The van der Waals surface area contributed by atoms with E-state index in [4.69, 9.17) is 4.74 Å². The van der Waals surface area contributed by atoms with Gasteiger partial charge in [0.2, 0.25) is 11.8 Å². The fraction of sp³-hybridized carbons (Fsp3) is 0.629. The molecule has 3 heterocycles. The summed E-state index contributed by atoms with van der Waals surface area (Å²) in [6.07, 6.45) is 6.27. The van der Waals surface area contributed by atoms with Crippen molar-refractivity contribution >= 4 is 29.1 Å². The second-order valence-corrected chi connectivity index (χ2v) is 12.3. The zero-order valence-corrected chi connectivity index (χ0v) is 27.3. The highest BCUT2D eigenvalue weighted by atomic mass is 16.5. The van der Waals surface area contributed by atoms with Gasteiger partial charge in [-0.1, -0.05) is 32.9 Å². The quantitative estimate of drug-likeness (QED) is 0.280. The lowest BCUT2D eigenvalue weighted by atomic mass is 9.64. The number of carbonyl (C=O) groups excluding carboxylic acids is 3. The van der Waals surface area contributed by atoms with E-state index in [0.29, 0.717) is 44.5 Å². The molecule has 9 nitrogen and oxygen atoms in total. The van der Waals surface area contributed by atoms with Gasteiger partial charge in [0, 0.05) is 44.1 Å². The molecule has 6 atom stereocenters. The van der Waals surface area contributed by atoms with Crippen molar-refractivity contribution in [2.45, 2.75) is 90.0 Å². The highest BCUT2D eigenvalue weighted by Gasteiger charge is 2.79. The smallest absolute Gasteiger partial charge is 0.253 e. The number of nitrogens with zero attached hydrogens (tertiary/aromatic N) is 4. The zero-order valence-electron chi connectivity index (χ0n) is 27.3. The zero-order chi connectivity index (χ0) is 32.2.